The third-order valence-electron chi connectivity index (χ3n) is 5.04. The van der Waals surface area contributed by atoms with Crippen molar-refractivity contribution in [1.82, 2.24) is 0 Å². The van der Waals surface area contributed by atoms with Crippen LogP contribution >= 0.6 is 45.2 Å². The number of rotatable bonds is 12. The Morgan fingerprint density at radius 1 is 0.606 bits per heavy atom. The molecule has 2 aromatic rings. The topological polar surface area (TPSA) is 27.7 Å². The SMILES string of the molecule is CC(C)(COCC(C)(C)c1ccc(OC(F)(F)CI)cc1)c1ccc(OC(F)(F)CI)cc1. The first-order chi connectivity index (χ1) is 15.2. The van der Waals surface area contributed by atoms with E-state index in [0.717, 1.165) is 11.1 Å². The monoisotopic (exact) mass is 694 g/mol. The van der Waals surface area contributed by atoms with Gasteiger partial charge in [-0.1, -0.05) is 97.1 Å². The number of hydrogen-bond acceptors (Lipinski definition) is 3. The van der Waals surface area contributed by atoms with Gasteiger partial charge in [-0.2, -0.15) is 17.6 Å². The van der Waals surface area contributed by atoms with Crippen LogP contribution in [0.5, 0.6) is 11.5 Å². The van der Waals surface area contributed by atoms with Gasteiger partial charge in [0.2, 0.25) is 0 Å². The lowest BCUT2D eigenvalue weighted by Crippen LogP contribution is -2.30. The van der Waals surface area contributed by atoms with E-state index in [1.54, 1.807) is 69.4 Å². The molecule has 0 saturated carbocycles. The minimum absolute atomic E-state index is 0.113. The van der Waals surface area contributed by atoms with Crippen molar-refractivity contribution in [2.75, 3.05) is 22.1 Å². The Bertz CT molecular complexity index is 812. The molecule has 0 atom stereocenters. The van der Waals surface area contributed by atoms with Crippen LogP contribution in [-0.2, 0) is 15.6 Å². The highest BCUT2D eigenvalue weighted by Crippen LogP contribution is 2.31. The molecule has 184 valence electrons. The maximum absolute atomic E-state index is 13.4. The van der Waals surface area contributed by atoms with Crippen molar-refractivity contribution in [1.29, 1.82) is 0 Å². The van der Waals surface area contributed by atoms with Crippen molar-refractivity contribution in [2.24, 2.45) is 0 Å². The summed E-state index contributed by atoms with van der Waals surface area (Å²) in [5, 5.41) is 0. The Morgan fingerprint density at radius 2 is 0.909 bits per heavy atom. The van der Waals surface area contributed by atoms with Gasteiger partial charge in [-0.15, -0.1) is 0 Å². The molecule has 0 aromatic heterocycles. The summed E-state index contributed by atoms with van der Waals surface area (Å²) in [6.45, 7) is 8.85. The van der Waals surface area contributed by atoms with Crippen LogP contribution in [0.25, 0.3) is 0 Å². The van der Waals surface area contributed by atoms with Gasteiger partial charge in [0.1, 0.15) is 20.4 Å². The van der Waals surface area contributed by atoms with Crippen molar-refractivity contribution in [3.8, 4) is 11.5 Å². The van der Waals surface area contributed by atoms with E-state index in [-0.39, 0.29) is 22.3 Å². The van der Waals surface area contributed by atoms with Gasteiger partial charge >= 0.3 is 12.2 Å². The van der Waals surface area contributed by atoms with Gasteiger partial charge in [-0.05, 0) is 35.4 Å². The van der Waals surface area contributed by atoms with E-state index in [0.29, 0.717) is 13.2 Å². The zero-order valence-corrected chi connectivity index (χ0v) is 23.3. The molecule has 0 spiro atoms. The van der Waals surface area contributed by atoms with Crippen molar-refractivity contribution < 1.29 is 31.8 Å². The molecule has 9 heteroatoms. The molecule has 0 amide bonds. The fourth-order valence-electron chi connectivity index (χ4n) is 3.08. The van der Waals surface area contributed by atoms with E-state index in [9.17, 15) is 17.6 Å². The first-order valence-corrected chi connectivity index (χ1v) is 13.3. The van der Waals surface area contributed by atoms with Gasteiger partial charge < -0.3 is 14.2 Å². The molecule has 0 saturated heterocycles. The zero-order chi connectivity index (χ0) is 24.9. The molecular weight excluding hydrogens is 666 g/mol. The average molecular weight is 694 g/mol. The number of ether oxygens (including phenoxy) is 3. The fraction of sp³-hybridized carbons (Fsp3) is 0.500. The van der Waals surface area contributed by atoms with Gasteiger partial charge in [0.05, 0.1) is 13.2 Å². The van der Waals surface area contributed by atoms with E-state index < -0.39 is 21.1 Å². The summed E-state index contributed by atoms with van der Waals surface area (Å²) < 4.78 is 68.2. The van der Waals surface area contributed by atoms with Gasteiger partial charge in [-0.25, -0.2) is 0 Å². The Hall–Kier alpha value is -0.820. The van der Waals surface area contributed by atoms with Crippen LogP contribution < -0.4 is 9.47 Å². The van der Waals surface area contributed by atoms with Crippen LogP contribution in [0.4, 0.5) is 17.6 Å². The molecule has 0 N–H and O–H groups in total. The summed E-state index contributed by atoms with van der Waals surface area (Å²) in [6, 6.07) is 13.2. The molecule has 2 aromatic carbocycles. The van der Waals surface area contributed by atoms with Crippen molar-refractivity contribution in [3.05, 3.63) is 59.7 Å². The molecule has 0 unspecified atom stereocenters. The molecular formula is C24H28F4I2O3. The minimum Gasteiger partial charge on any atom is -0.432 e. The minimum atomic E-state index is -3.20. The normalized spacial score (nSPS) is 13.2. The Kier molecular flexibility index (Phi) is 9.71. The van der Waals surface area contributed by atoms with Gasteiger partial charge in [0.15, 0.2) is 0 Å². The summed E-state index contributed by atoms with van der Waals surface area (Å²) in [6.07, 6.45) is -6.40. The van der Waals surface area contributed by atoms with E-state index in [1.165, 1.54) is 24.3 Å². The third kappa shape index (κ3) is 8.72. The smallest absolute Gasteiger partial charge is 0.407 e. The number of alkyl halides is 6. The summed E-state index contributed by atoms with van der Waals surface area (Å²) >= 11 is 3.16. The maximum Gasteiger partial charge on any atom is 0.407 e. The van der Waals surface area contributed by atoms with Gasteiger partial charge in [-0.3, -0.25) is 0 Å². The molecule has 33 heavy (non-hydrogen) atoms. The largest absolute Gasteiger partial charge is 0.432 e. The summed E-state index contributed by atoms with van der Waals surface area (Å²) in [7, 11) is 0. The van der Waals surface area contributed by atoms with Crippen molar-refractivity contribution in [3.63, 3.8) is 0 Å². The second-order valence-electron chi connectivity index (χ2n) is 9.06. The quantitative estimate of drug-likeness (QED) is 0.129. The van der Waals surface area contributed by atoms with Crippen LogP contribution in [0, 0.1) is 0 Å². The van der Waals surface area contributed by atoms with Crippen molar-refractivity contribution >= 4 is 45.2 Å². The first-order valence-electron chi connectivity index (χ1n) is 10.2. The van der Waals surface area contributed by atoms with E-state index in [4.69, 9.17) is 14.2 Å². The predicted octanol–water partition coefficient (Wildman–Crippen LogP) is 7.77. The van der Waals surface area contributed by atoms with Crippen LogP contribution in [0.2, 0.25) is 0 Å². The second kappa shape index (κ2) is 11.3. The zero-order valence-electron chi connectivity index (χ0n) is 18.9. The highest BCUT2D eigenvalue weighted by molar-refractivity contribution is 14.1. The van der Waals surface area contributed by atoms with E-state index in [2.05, 4.69) is 0 Å². The molecule has 3 nitrogen and oxygen atoms in total. The molecule has 0 heterocycles. The lowest BCUT2D eigenvalue weighted by atomic mass is 9.84. The van der Waals surface area contributed by atoms with Crippen LogP contribution in [0.15, 0.2) is 48.5 Å². The number of halogens is 6. The van der Waals surface area contributed by atoms with E-state index in [1.807, 2.05) is 27.7 Å². The Balaban J connectivity index is 1.95. The highest BCUT2D eigenvalue weighted by Gasteiger charge is 2.31. The van der Waals surface area contributed by atoms with Crippen LogP contribution in [0.1, 0.15) is 38.8 Å². The molecule has 0 aliphatic rings. The number of benzene rings is 2. The average Bonchev–Trinajstić information content (AvgIpc) is 2.74. The number of hydrogen-bond donors (Lipinski definition) is 0. The van der Waals surface area contributed by atoms with E-state index >= 15 is 0 Å². The second-order valence-corrected chi connectivity index (χ2v) is 10.6. The van der Waals surface area contributed by atoms with Gasteiger partial charge in [0.25, 0.3) is 0 Å². The van der Waals surface area contributed by atoms with Crippen LogP contribution in [0.3, 0.4) is 0 Å². The molecule has 0 aliphatic carbocycles. The maximum atomic E-state index is 13.4. The predicted molar refractivity (Wildman–Crippen MR) is 139 cm³/mol. The first kappa shape index (κ1) is 28.4. The molecule has 0 radical (unpaired) electrons. The van der Waals surface area contributed by atoms with Crippen molar-refractivity contribution in [2.45, 2.75) is 50.7 Å². The Labute approximate surface area is 219 Å². The summed E-state index contributed by atoms with van der Waals surface area (Å²) in [5.74, 6) is 0.226. The lowest BCUT2D eigenvalue weighted by Gasteiger charge is -2.30. The highest BCUT2D eigenvalue weighted by atomic mass is 127. The lowest BCUT2D eigenvalue weighted by molar-refractivity contribution is -0.152. The molecule has 0 aliphatic heterocycles. The molecule has 0 fully saturated rings. The van der Waals surface area contributed by atoms with Crippen LogP contribution in [-0.4, -0.2) is 34.3 Å². The molecule has 0 bridgehead atoms. The summed E-state index contributed by atoms with van der Waals surface area (Å²) in [4.78, 5) is 0. The summed E-state index contributed by atoms with van der Waals surface area (Å²) in [5.41, 5.74) is 1.15. The fourth-order valence-corrected chi connectivity index (χ4v) is 3.39. The standard InChI is InChI=1S/C24H28F4I2O3/c1-21(2,17-5-9-19(10-6-17)32-23(25,26)13-29)15-31-16-22(3,4)18-7-11-20(12-8-18)33-24(27,28)14-30/h5-12H,13-16H2,1-4H3. The Morgan fingerprint density at radius 3 is 1.18 bits per heavy atom. The molecule has 2 rings (SSSR count). The third-order valence-corrected chi connectivity index (χ3v) is 6.82. The van der Waals surface area contributed by atoms with Gasteiger partial charge in [0, 0.05) is 10.8 Å².